The Kier molecular flexibility index (Phi) is 4.55. The Morgan fingerprint density at radius 3 is 2.79 bits per heavy atom. The molecule has 0 atom stereocenters. The number of rotatable bonds is 4. The van der Waals surface area contributed by atoms with E-state index >= 15 is 0 Å². The highest BCUT2D eigenvalue weighted by Crippen LogP contribution is 2.32. The fraction of sp³-hybridized carbons (Fsp3) is 0.188. The number of halogens is 1. The molecule has 0 aliphatic heterocycles. The van der Waals surface area contributed by atoms with Crippen molar-refractivity contribution in [1.29, 1.82) is 0 Å². The summed E-state index contributed by atoms with van der Waals surface area (Å²) in [6, 6.07) is 9.03. The van der Waals surface area contributed by atoms with Crippen molar-refractivity contribution in [2.24, 2.45) is 0 Å². The lowest BCUT2D eigenvalue weighted by atomic mass is 10.3. The van der Waals surface area contributed by atoms with Gasteiger partial charge in [-0.05, 0) is 25.1 Å². The predicted octanol–water partition coefficient (Wildman–Crippen LogP) is 3.38. The summed E-state index contributed by atoms with van der Waals surface area (Å²) in [6.07, 6.45) is 0. The van der Waals surface area contributed by atoms with Crippen molar-refractivity contribution in [3.8, 4) is 5.69 Å². The van der Waals surface area contributed by atoms with Crippen LogP contribution in [0.15, 0.2) is 30.3 Å². The molecule has 0 unspecified atom stereocenters. The minimum Gasteiger partial charge on any atom is -0.466 e. The number of para-hydroxylation sites is 1. The first-order valence-electron chi connectivity index (χ1n) is 6.99. The van der Waals surface area contributed by atoms with Crippen LogP contribution in [-0.4, -0.2) is 35.4 Å². The van der Waals surface area contributed by atoms with Gasteiger partial charge < -0.3 is 9.47 Å². The standard InChI is InChI=1S/C16H13ClN2O4S/c1-9-10-7-13(16(21)23-8-14(20)22-2)24-15(10)19(18-9)12-6-4-3-5-11(12)17/h3-7H,8H2,1-2H3. The van der Waals surface area contributed by atoms with Crippen molar-refractivity contribution in [2.45, 2.75) is 6.92 Å². The Morgan fingerprint density at radius 1 is 1.33 bits per heavy atom. The molecule has 0 amide bonds. The van der Waals surface area contributed by atoms with Crippen LogP contribution in [0, 0.1) is 6.92 Å². The number of thiophene rings is 1. The molecule has 3 rings (SSSR count). The lowest BCUT2D eigenvalue weighted by molar-refractivity contribution is -0.144. The summed E-state index contributed by atoms with van der Waals surface area (Å²) < 4.78 is 11.1. The topological polar surface area (TPSA) is 70.4 Å². The van der Waals surface area contributed by atoms with E-state index in [9.17, 15) is 9.59 Å². The third kappa shape index (κ3) is 3.00. The Bertz CT molecular complexity index is 931. The second-order valence-electron chi connectivity index (χ2n) is 4.93. The number of esters is 2. The van der Waals surface area contributed by atoms with Gasteiger partial charge >= 0.3 is 11.9 Å². The summed E-state index contributed by atoms with van der Waals surface area (Å²) >= 11 is 7.47. The van der Waals surface area contributed by atoms with Gasteiger partial charge in [0.15, 0.2) is 6.61 Å². The first kappa shape index (κ1) is 16.5. The van der Waals surface area contributed by atoms with Gasteiger partial charge in [0.25, 0.3) is 0 Å². The number of hydrogen-bond acceptors (Lipinski definition) is 6. The average molecular weight is 365 g/mol. The smallest absolute Gasteiger partial charge is 0.348 e. The van der Waals surface area contributed by atoms with Gasteiger partial charge in [0, 0.05) is 5.39 Å². The highest BCUT2D eigenvalue weighted by Gasteiger charge is 2.19. The third-order valence-electron chi connectivity index (χ3n) is 3.38. The number of benzene rings is 1. The van der Waals surface area contributed by atoms with Crippen molar-refractivity contribution in [3.63, 3.8) is 0 Å². The second kappa shape index (κ2) is 6.62. The summed E-state index contributed by atoms with van der Waals surface area (Å²) in [5, 5.41) is 5.88. The minimum absolute atomic E-state index is 0.384. The molecule has 0 spiro atoms. The summed E-state index contributed by atoms with van der Waals surface area (Å²) in [6.45, 7) is 1.44. The number of carbonyl (C=O) groups is 2. The van der Waals surface area contributed by atoms with Crippen LogP contribution in [-0.2, 0) is 14.3 Å². The van der Waals surface area contributed by atoms with Crippen LogP contribution in [0.2, 0.25) is 5.02 Å². The van der Waals surface area contributed by atoms with E-state index in [1.54, 1.807) is 16.8 Å². The Morgan fingerprint density at radius 2 is 2.08 bits per heavy atom. The molecule has 0 aliphatic carbocycles. The fourth-order valence-electron chi connectivity index (χ4n) is 2.19. The monoisotopic (exact) mass is 364 g/mol. The van der Waals surface area contributed by atoms with E-state index in [4.69, 9.17) is 16.3 Å². The largest absolute Gasteiger partial charge is 0.466 e. The molecular formula is C16H13ClN2O4S. The molecule has 0 bridgehead atoms. The van der Waals surface area contributed by atoms with E-state index in [1.165, 1.54) is 18.4 Å². The lowest BCUT2D eigenvalue weighted by Gasteiger charge is -2.04. The molecule has 2 heterocycles. The maximum absolute atomic E-state index is 12.1. The molecule has 0 N–H and O–H groups in total. The number of ether oxygens (including phenoxy) is 2. The molecule has 0 saturated carbocycles. The molecule has 0 fully saturated rings. The molecule has 8 heteroatoms. The Hall–Kier alpha value is -2.38. The number of nitrogens with zero attached hydrogens (tertiary/aromatic N) is 2. The van der Waals surface area contributed by atoms with Gasteiger partial charge in [-0.1, -0.05) is 23.7 Å². The fourth-order valence-corrected chi connectivity index (χ4v) is 3.47. The zero-order valence-electron chi connectivity index (χ0n) is 12.9. The normalized spacial score (nSPS) is 10.8. The van der Waals surface area contributed by atoms with Gasteiger partial charge in [-0.15, -0.1) is 11.3 Å². The van der Waals surface area contributed by atoms with Crippen LogP contribution in [0.3, 0.4) is 0 Å². The van der Waals surface area contributed by atoms with Crippen molar-refractivity contribution in [3.05, 3.63) is 45.9 Å². The number of aromatic nitrogens is 2. The zero-order chi connectivity index (χ0) is 17.3. The van der Waals surface area contributed by atoms with Gasteiger partial charge in [-0.3, -0.25) is 0 Å². The maximum atomic E-state index is 12.1. The van der Waals surface area contributed by atoms with Crippen LogP contribution < -0.4 is 0 Å². The van der Waals surface area contributed by atoms with Crippen LogP contribution in [0.25, 0.3) is 15.9 Å². The van der Waals surface area contributed by atoms with E-state index < -0.39 is 18.5 Å². The number of aryl methyl sites for hydroxylation is 1. The molecule has 2 aromatic heterocycles. The van der Waals surface area contributed by atoms with Gasteiger partial charge in [-0.2, -0.15) is 5.10 Å². The van der Waals surface area contributed by atoms with Crippen LogP contribution >= 0.6 is 22.9 Å². The minimum atomic E-state index is -0.608. The average Bonchev–Trinajstić information content (AvgIpc) is 3.14. The van der Waals surface area contributed by atoms with E-state index in [0.717, 1.165) is 21.6 Å². The number of hydrogen-bond donors (Lipinski definition) is 0. The lowest BCUT2D eigenvalue weighted by Crippen LogP contribution is -2.14. The quantitative estimate of drug-likeness (QED) is 0.664. The predicted molar refractivity (Wildman–Crippen MR) is 91.0 cm³/mol. The van der Waals surface area contributed by atoms with E-state index in [-0.39, 0.29) is 0 Å². The molecule has 6 nitrogen and oxygen atoms in total. The number of carbonyl (C=O) groups excluding carboxylic acids is 2. The van der Waals surface area contributed by atoms with Crippen molar-refractivity contribution in [1.82, 2.24) is 9.78 Å². The molecule has 124 valence electrons. The Balaban J connectivity index is 1.97. The molecule has 3 aromatic rings. The SMILES string of the molecule is COC(=O)COC(=O)c1cc2c(C)nn(-c3ccccc3Cl)c2s1. The van der Waals surface area contributed by atoms with Gasteiger partial charge in [-0.25, -0.2) is 14.3 Å². The van der Waals surface area contributed by atoms with Crippen LogP contribution in [0.1, 0.15) is 15.4 Å². The highest BCUT2D eigenvalue weighted by molar-refractivity contribution is 7.20. The number of methoxy groups -OCH3 is 1. The first-order chi connectivity index (χ1) is 11.5. The van der Waals surface area contributed by atoms with Crippen LogP contribution in [0.4, 0.5) is 0 Å². The van der Waals surface area contributed by atoms with Gasteiger partial charge in [0.1, 0.15) is 9.71 Å². The second-order valence-corrected chi connectivity index (χ2v) is 6.37. The summed E-state index contributed by atoms with van der Waals surface area (Å²) in [5.74, 6) is -1.19. The van der Waals surface area contributed by atoms with Gasteiger partial charge in [0.2, 0.25) is 0 Å². The van der Waals surface area contributed by atoms with Gasteiger partial charge in [0.05, 0.1) is 23.5 Å². The molecule has 0 radical (unpaired) electrons. The molecule has 0 saturated heterocycles. The van der Waals surface area contributed by atoms with Crippen molar-refractivity contribution < 1.29 is 19.1 Å². The zero-order valence-corrected chi connectivity index (χ0v) is 14.5. The highest BCUT2D eigenvalue weighted by atomic mass is 35.5. The molecule has 0 aliphatic rings. The Labute approximate surface area is 146 Å². The van der Waals surface area contributed by atoms with E-state index in [0.29, 0.717) is 9.90 Å². The summed E-state index contributed by atoms with van der Waals surface area (Å²) in [4.78, 5) is 24.3. The molecule has 1 aromatic carbocycles. The summed E-state index contributed by atoms with van der Waals surface area (Å²) in [5.41, 5.74) is 1.50. The third-order valence-corrected chi connectivity index (χ3v) is 4.79. The van der Waals surface area contributed by atoms with Crippen LogP contribution in [0.5, 0.6) is 0 Å². The maximum Gasteiger partial charge on any atom is 0.348 e. The van der Waals surface area contributed by atoms with Crippen molar-refractivity contribution >= 4 is 45.1 Å². The molecule has 24 heavy (non-hydrogen) atoms. The first-order valence-corrected chi connectivity index (χ1v) is 8.18. The molecular weight excluding hydrogens is 352 g/mol. The van der Waals surface area contributed by atoms with E-state index in [1.807, 2.05) is 25.1 Å². The number of fused-ring (bicyclic) bond motifs is 1. The van der Waals surface area contributed by atoms with Crippen molar-refractivity contribution in [2.75, 3.05) is 13.7 Å². The van der Waals surface area contributed by atoms with E-state index in [2.05, 4.69) is 9.84 Å². The summed E-state index contributed by atoms with van der Waals surface area (Å²) in [7, 11) is 1.23.